The highest BCUT2D eigenvalue weighted by Crippen LogP contribution is 2.31. The molecule has 6 nitrogen and oxygen atoms in total. The van der Waals surface area contributed by atoms with Crippen molar-refractivity contribution in [3.05, 3.63) is 32.6 Å². The molecule has 0 amide bonds. The largest absolute Gasteiger partial charge is 0.466 e. The summed E-state index contributed by atoms with van der Waals surface area (Å²) in [6.07, 6.45) is -3.54. The summed E-state index contributed by atoms with van der Waals surface area (Å²) in [6, 6.07) is 0.707. The Labute approximate surface area is 111 Å². The van der Waals surface area contributed by atoms with Crippen LogP contribution < -0.4 is 0 Å². The molecule has 0 atom stereocenters. The van der Waals surface area contributed by atoms with Gasteiger partial charge in [-0.05, 0) is 13.0 Å². The zero-order valence-corrected chi connectivity index (χ0v) is 10.5. The molecule has 0 bridgehead atoms. The summed E-state index contributed by atoms with van der Waals surface area (Å²) >= 11 is 5.57. The summed E-state index contributed by atoms with van der Waals surface area (Å²) in [5.41, 5.74) is -1.83. The summed E-state index contributed by atoms with van der Waals surface area (Å²) in [6.45, 7) is 1.61. The van der Waals surface area contributed by atoms with Crippen molar-refractivity contribution in [3.63, 3.8) is 0 Å². The molecule has 104 valence electrons. The lowest BCUT2D eigenvalue weighted by Crippen LogP contribution is -2.12. The van der Waals surface area contributed by atoms with Gasteiger partial charge in [-0.15, -0.1) is 0 Å². The van der Waals surface area contributed by atoms with Crippen molar-refractivity contribution >= 4 is 23.3 Å². The molecule has 9 heteroatoms. The number of esters is 1. The maximum absolute atomic E-state index is 12.5. The first kappa shape index (κ1) is 15.2. The van der Waals surface area contributed by atoms with Crippen LogP contribution in [0.3, 0.4) is 0 Å². The van der Waals surface area contributed by atoms with E-state index >= 15 is 0 Å². The second-order valence-corrected chi connectivity index (χ2v) is 3.77. The third kappa shape index (κ3) is 3.82. The molecule has 0 N–H and O–H groups in total. The molecule has 0 aliphatic heterocycles. The van der Waals surface area contributed by atoms with E-state index in [1.807, 2.05) is 0 Å². The van der Waals surface area contributed by atoms with Crippen molar-refractivity contribution in [1.29, 1.82) is 0 Å². The predicted octanol–water partition coefficient (Wildman–Crippen LogP) is 2.69. The van der Waals surface area contributed by atoms with Crippen molar-refractivity contribution in [2.45, 2.75) is 19.8 Å². The average molecular weight is 295 g/mol. The van der Waals surface area contributed by atoms with E-state index in [-0.39, 0.29) is 6.61 Å². The van der Waals surface area contributed by atoms with Gasteiger partial charge in [-0.2, -0.15) is 0 Å². The normalized spacial score (nSPS) is 10.6. The number of rotatable bonds is 5. The van der Waals surface area contributed by atoms with Gasteiger partial charge in [0, 0.05) is 0 Å². The van der Waals surface area contributed by atoms with Crippen LogP contribution in [0, 0.1) is 10.1 Å². The Kier molecular flexibility index (Phi) is 5.11. The fourth-order valence-corrected chi connectivity index (χ4v) is 1.64. The van der Waals surface area contributed by atoms with Crippen molar-refractivity contribution in [3.8, 4) is 0 Å². The standard InChI is InChI=1S/C10H9ClF2N2O4/c1-2-19-8(16)4-6-9(15(17)18)5(11)3-7(14-6)10(12)13/h3,10H,2,4H2,1H3. The molecule has 0 saturated carbocycles. The summed E-state index contributed by atoms with van der Waals surface area (Å²) in [4.78, 5) is 24.6. The maximum atomic E-state index is 12.5. The average Bonchev–Trinajstić information content (AvgIpc) is 2.27. The number of nitrogens with zero attached hydrogens (tertiary/aromatic N) is 2. The number of hydrogen-bond donors (Lipinski definition) is 0. The fourth-order valence-electron chi connectivity index (χ4n) is 1.35. The van der Waals surface area contributed by atoms with Crippen LogP contribution in [0.4, 0.5) is 14.5 Å². The summed E-state index contributed by atoms with van der Waals surface area (Å²) < 4.78 is 29.7. The Balaban J connectivity index is 3.24. The van der Waals surface area contributed by atoms with Crippen LogP contribution in [0.2, 0.25) is 5.02 Å². The fraction of sp³-hybridized carbons (Fsp3) is 0.400. The van der Waals surface area contributed by atoms with Crippen LogP contribution in [0.1, 0.15) is 24.7 Å². The Morgan fingerprint density at radius 1 is 1.63 bits per heavy atom. The smallest absolute Gasteiger partial charge is 0.312 e. The molecule has 0 aromatic carbocycles. The van der Waals surface area contributed by atoms with E-state index in [1.165, 1.54) is 0 Å². The minimum atomic E-state index is -2.95. The number of carbonyl (C=O) groups is 1. The van der Waals surface area contributed by atoms with Gasteiger partial charge >= 0.3 is 11.7 Å². The maximum Gasteiger partial charge on any atom is 0.312 e. The van der Waals surface area contributed by atoms with Gasteiger partial charge in [0.2, 0.25) is 0 Å². The summed E-state index contributed by atoms with van der Waals surface area (Å²) in [5.74, 6) is -0.805. The number of halogens is 3. The third-order valence-corrected chi connectivity index (χ3v) is 2.35. The second-order valence-electron chi connectivity index (χ2n) is 3.36. The first-order valence-electron chi connectivity index (χ1n) is 5.14. The molecule has 0 fully saturated rings. The molecule has 0 spiro atoms. The molecule has 0 radical (unpaired) electrons. The molecule has 19 heavy (non-hydrogen) atoms. The van der Waals surface area contributed by atoms with Crippen LogP contribution in [0.5, 0.6) is 0 Å². The highest BCUT2D eigenvalue weighted by Gasteiger charge is 2.26. The zero-order chi connectivity index (χ0) is 14.6. The quantitative estimate of drug-likeness (QED) is 0.474. The zero-order valence-electron chi connectivity index (χ0n) is 9.73. The van der Waals surface area contributed by atoms with Crippen LogP contribution in [0.25, 0.3) is 0 Å². The van der Waals surface area contributed by atoms with Crippen LogP contribution in [-0.4, -0.2) is 22.5 Å². The SMILES string of the molecule is CCOC(=O)Cc1nc(C(F)F)cc(Cl)c1[N+](=O)[O-]. The number of pyridine rings is 1. The van der Waals surface area contributed by atoms with E-state index in [2.05, 4.69) is 9.72 Å². The van der Waals surface area contributed by atoms with Gasteiger partial charge in [0.15, 0.2) is 0 Å². The lowest BCUT2D eigenvalue weighted by molar-refractivity contribution is -0.385. The monoisotopic (exact) mass is 294 g/mol. The molecule has 0 aliphatic rings. The minimum absolute atomic E-state index is 0.0644. The molecular weight excluding hydrogens is 286 g/mol. The van der Waals surface area contributed by atoms with E-state index in [1.54, 1.807) is 6.92 Å². The number of ether oxygens (including phenoxy) is 1. The number of hydrogen-bond acceptors (Lipinski definition) is 5. The molecule has 1 aromatic heterocycles. The highest BCUT2D eigenvalue weighted by molar-refractivity contribution is 6.32. The van der Waals surface area contributed by atoms with Crippen LogP contribution in [0.15, 0.2) is 6.07 Å². The van der Waals surface area contributed by atoms with Crippen LogP contribution >= 0.6 is 11.6 Å². The van der Waals surface area contributed by atoms with Crippen molar-refractivity contribution < 1.29 is 23.2 Å². The first-order chi connectivity index (χ1) is 8.86. The minimum Gasteiger partial charge on any atom is -0.466 e. The predicted molar refractivity (Wildman–Crippen MR) is 61.2 cm³/mol. The summed E-state index contributed by atoms with van der Waals surface area (Å²) in [5, 5.41) is 10.3. The number of carbonyl (C=O) groups excluding carboxylic acids is 1. The van der Waals surface area contributed by atoms with Gasteiger partial charge in [-0.25, -0.2) is 13.8 Å². The van der Waals surface area contributed by atoms with E-state index < -0.39 is 45.8 Å². The topological polar surface area (TPSA) is 82.3 Å². The summed E-state index contributed by atoms with van der Waals surface area (Å²) in [7, 11) is 0. The van der Waals surface area contributed by atoms with Gasteiger partial charge in [-0.3, -0.25) is 14.9 Å². The van der Waals surface area contributed by atoms with Gasteiger partial charge < -0.3 is 4.74 Å². The first-order valence-corrected chi connectivity index (χ1v) is 5.52. The molecule has 0 saturated heterocycles. The van der Waals surface area contributed by atoms with E-state index in [0.717, 1.165) is 0 Å². The lowest BCUT2D eigenvalue weighted by Gasteiger charge is -2.06. The second kappa shape index (κ2) is 6.37. The van der Waals surface area contributed by atoms with Crippen molar-refractivity contribution in [2.24, 2.45) is 0 Å². The molecule has 0 aliphatic carbocycles. The van der Waals surface area contributed by atoms with Crippen LogP contribution in [-0.2, 0) is 16.0 Å². The Morgan fingerprint density at radius 2 is 2.26 bits per heavy atom. The Bertz CT molecular complexity index is 511. The van der Waals surface area contributed by atoms with E-state index in [4.69, 9.17) is 11.6 Å². The van der Waals surface area contributed by atoms with Gasteiger partial charge in [-0.1, -0.05) is 11.6 Å². The van der Waals surface area contributed by atoms with E-state index in [9.17, 15) is 23.7 Å². The Morgan fingerprint density at radius 3 is 2.74 bits per heavy atom. The molecule has 1 rings (SSSR count). The number of alkyl halides is 2. The highest BCUT2D eigenvalue weighted by atomic mass is 35.5. The molecular formula is C10H9ClF2N2O4. The van der Waals surface area contributed by atoms with E-state index in [0.29, 0.717) is 6.07 Å². The molecule has 0 unspecified atom stereocenters. The van der Waals surface area contributed by atoms with Gasteiger partial charge in [0.05, 0.1) is 18.0 Å². The molecule has 1 aromatic rings. The molecule has 1 heterocycles. The van der Waals surface area contributed by atoms with Crippen molar-refractivity contribution in [1.82, 2.24) is 4.98 Å². The number of nitro groups is 1. The van der Waals surface area contributed by atoms with Gasteiger partial charge in [0.1, 0.15) is 16.4 Å². The third-order valence-electron chi connectivity index (χ3n) is 2.06. The Hall–Kier alpha value is -1.83. The lowest BCUT2D eigenvalue weighted by atomic mass is 10.2. The number of aromatic nitrogens is 1. The van der Waals surface area contributed by atoms with Gasteiger partial charge in [0.25, 0.3) is 6.43 Å². The van der Waals surface area contributed by atoms with Crippen molar-refractivity contribution in [2.75, 3.05) is 6.61 Å².